The highest BCUT2D eigenvalue weighted by atomic mass is 32.2. The second kappa shape index (κ2) is 6.07. The zero-order chi connectivity index (χ0) is 15.7. The highest BCUT2D eigenvalue weighted by molar-refractivity contribution is 7.89. The van der Waals surface area contributed by atoms with Crippen LogP contribution in [-0.4, -0.2) is 14.5 Å². The van der Waals surface area contributed by atoms with Crippen molar-refractivity contribution in [2.75, 3.05) is 0 Å². The number of aryl methyl sites for hydroxylation is 1. The lowest BCUT2D eigenvalue weighted by Gasteiger charge is -2.34. The molecule has 1 aromatic carbocycles. The molecule has 0 unspecified atom stereocenters. The summed E-state index contributed by atoms with van der Waals surface area (Å²) < 4.78 is 27.8. The summed E-state index contributed by atoms with van der Waals surface area (Å²) in [6, 6.07) is 5.21. The maximum absolute atomic E-state index is 12.5. The summed E-state index contributed by atoms with van der Waals surface area (Å²) >= 11 is 0. The van der Waals surface area contributed by atoms with E-state index in [4.69, 9.17) is 5.73 Å². The molecule has 1 aliphatic rings. The summed E-state index contributed by atoms with van der Waals surface area (Å²) in [5.41, 5.74) is 7.89. The Kier molecular flexibility index (Phi) is 4.76. The Labute approximate surface area is 128 Å². The maximum atomic E-state index is 12.5. The van der Waals surface area contributed by atoms with E-state index in [1.165, 1.54) is 0 Å². The molecule has 0 aliphatic heterocycles. The van der Waals surface area contributed by atoms with Gasteiger partial charge in [0.2, 0.25) is 10.0 Å². The van der Waals surface area contributed by atoms with E-state index in [2.05, 4.69) is 18.6 Å². The van der Waals surface area contributed by atoms with Gasteiger partial charge in [0, 0.05) is 12.6 Å². The summed E-state index contributed by atoms with van der Waals surface area (Å²) in [7, 11) is -3.45. The van der Waals surface area contributed by atoms with E-state index in [9.17, 15) is 8.42 Å². The third-order valence-corrected chi connectivity index (χ3v) is 6.03. The molecule has 3 N–H and O–H groups in total. The lowest BCUT2D eigenvalue weighted by atomic mass is 9.76. The molecule has 0 aromatic heterocycles. The van der Waals surface area contributed by atoms with Crippen LogP contribution in [0.25, 0.3) is 0 Å². The van der Waals surface area contributed by atoms with E-state index in [1.807, 2.05) is 13.0 Å². The van der Waals surface area contributed by atoms with E-state index in [-0.39, 0.29) is 6.04 Å². The topological polar surface area (TPSA) is 72.2 Å². The molecule has 1 fully saturated rings. The second-order valence-electron chi connectivity index (χ2n) is 6.85. The maximum Gasteiger partial charge on any atom is 0.240 e. The second-order valence-corrected chi connectivity index (χ2v) is 8.57. The smallest absolute Gasteiger partial charge is 0.240 e. The van der Waals surface area contributed by atoms with Gasteiger partial charge < -0.3 is 5.73 Å². The monoisotopic (exact) mass is 310 g/mol. The first-order valence-corrected chi connectivity index (χ1v) is 9.04. The van der Waals surface area contributed by atoms with Gasteiger partial charge >= 0.3 is 0 Å². The number of rotatable bonds is 4. The van der Waals surface area contributed by atoms with Gasteiger partial charge in [-0.05, 0) is 61.3 Å². The van der Waals surface area contributed by atoms with Gasteiger partial charge in [0.05, 0.1) is 4.90 Å². The molecule has 1 saturated carbocycles. The number of nitrogens with two attached hydrogens (primary N) is 1. The zero-order valence-corrected chi connectivity index (χ0v) is 14.0. The summed E-state index contributed by atoms with van der Waals surface area (Å²) in [5, 5.41) is 0. The van der Waals surface area contributed by atoms with E-state index in [1.54, 1.807) is 12.1 Å². The molecule has 118 valence electrons. The van der Waals surface area contributed by atoms with Crippen LogP contribution in [0.1, 0.15) is 50.7 Å². The Morgan fingerprint density at radius 3 is 2.48 bits per heavy atom. The number of benzene rings is 1. The van der Waals surface area contributed by atoms with Crippen LogP contribution in [0.3, 0.4) is 0 Å². The first-order chi connectivity index (χ1) is 9.73. The number of hydrogen-bond donors (Lipinski definition) is 2. The van der Waals surface area contributed by atoms with E-state index < -0.39 is 10.0 Å². The van der Waals surface area contributed by atoms with Gasteiger partial charge in [0.25, 0.3) is 0 Å². The molecule has 0 amide bonds. The van der Waals surface area contributed by atoms with Crippen molar-refractivity contribution in [2.24, 2.45) is 11.1 Å². The van der Waals surface area contributed by atoms with Gasteiger partial charge in [-0.1, -0.05) is 19.9 Å². The minimum atomic E-state index is -3.45. The van der Waals surface area contributed by atoms with Crippen LogP contribution in [0.2, 0.25) is 0 Å². The largest absolute Gasteiger partial charge is 0.326 e. The predicted octanol–water partition coefficient (Wildman–Crippen LogP) is 2.70. The Hall–Kier alpha value is -0.910. The number of nitrogens with one attached hydrogen (secondary N) is 1. The van der Waals surface area contributed by atoms with Crippen molar-refractivity contribution in [1.29, 1.82) is 0 Å². The van der Waals surface area contributed by atoms with Gasteiger partial charge in [-0.25, -0.2) is 13.1 Å². The van der Waals surface area contributed by atoms with Gasteiger partial charge in [-0.3, -0.25) is 0 Å². The fourth-order valence-corrected chi connectivity index (χ4v) is 4.19. The van der Waals surface area contributed by atoms with Crippen molar-refractivity contribution in [3.63, 3.8) is 0 Å². The first-order valence-electron chi connectivity index (χ1n) is 7.55. The molecular weight excluding hydrogens is 284 g/mol. The van der Waals surface area contributed by atoms with Crippen LogP contribution in [0.4, 0.5) is 0 Å². The van der Waals surface area contributed by atoms with E-state index in [0.717, 1.165) is 36.8 Å². The van der Waals surface area contributed by atoms with Crippen LogP contribution in [0, 0.1) is 12.3 Å². The summed E-state index contributed by atoms with van der Waals surface area (Å²) in [6.07, 6.45) is 3.92. The molecule has 0 bridgehead atoms. The molecule has 0 heterocycles. The van der Waals surface area contributed by atoms with Gasteiger partial charge in [-0.2, -0.15) is 0 Å². The average molecular weight is 310 g/mol. The Morgan fingerprint density at radius 1 is 1.29 bits per heavy atom. The van der Waals surface area contributed by atoms with Crippen molar-refractivity contribution in [1.82, 2.24) is 4.72 Å². The van der Waals surface area contributed by atoms with Gasteiger partial charge in [-0.15, -0.1) is 0 Å². The predicted molar refractivity (Wildman–Crippen MR) is 85.4 cm³/mol. The minimum Gasteiger partial charge on any atom is -0.326 e. The van der Waals surface area contributed by atoms with Crippen LogP contribution in [-0.2, 0) is 16.6 Å². The Balaban J connectivity index is 2.12. The molecule has 0 saturated heterocycles. The number of hydrogen-bond acceptors (Lipinski definition) is 3. The quantitative estimate of drug-likeness (QED) is 0.898. The molecule has 0 spiro atoms. The highest BCUT2D eigenvalue weighted by Crippen LogP contribution is 2.35. The Morgan fingerprint density at radius 2 is 1.90 bits per heavy atom. The summed E-state index contributed by atoms with van der Waals surface area (Å²) in [6.45, 7) is 6.78. The lowest BCUT2D eigenvalue weighted by Crippen LogP contribution is -2.39. The third kappa shape index (κ3) is 4.05. The van der Waals surface area contributed by atoms with Crippen molar-refractivity contribution in [3.05, 3.63) is 29.3 Å². The van der Waals surface area contributed by atoms with Gasteiger partial charge in [0.1, 0.15) is 0 Å². The molecule has 5 heteroatoms. The standard InChI is InChI=1S/C16H26N2O2S/c1-12-4-5-15(10-13(12)11-17)21(19,20)18-14-6-8-16(2,3)9-7-14/h4-5,10,14,18H,6-9,11,17H2,1-3H3. The normalized spacial score (nSPS) is 19.6. The molecule has 4 nitrogen and oxygen atoms in total. The van der Waals surface area contributed by atoms with Crippen LogP contribution >= 0.6 is 0 Å². The van der Waals surface area contributed by atoms with Crippen LogP contribution in [0.5, 0.6) is 0 Å². The molecule has 21 heavy (non-hydrogen) atoms. The van der Waals surface area contributed by atoms with E-state index in [0.29, 0.717) is 16.9 Å². The van der Waals surface area contributed by atoms with E-state index >= 15 is 0 Å². The van der Waals surface area contributed by atoms with Crippen molar-refractivity contribution in [3.8, 4) is 0 Å². The molecule has 0 atom stereocenters. The van der Waals surface area contributed by atoms with Crippen molar-refractivity contribution in [2.45, 2.75) is 63.9 Å². The summed E-state index contributed by atoms with van der Waals surface area (Å²) in [4.78, 5) is 0.318. The van der Waals surface area contributed by atoms with Gasteiger partial charge in [0.15, 0.2) is 0 Å². The molecule has 1 aliphatic carbocycles. The molecule has 0 radical (unpaired) electrons. The van der Waals surface area contributed by atoms with Crippen LogP contribution < -0.4 is 10.5 Å². The SMILES string of the molecule is Cc1ccc(S(=O)(=O)NC2CCC(C)(C)CC2)cc1CN. The lowest BCUT2D eigenvalue weighted by molar-refractivity contribution is 0.218. The first kappa shape index (κ1) is 16.5. The third-order valence-electron chi connectivity index (χ3n) is 4.51. The van der Waals surface area contributed by atoms with Crippen LogP contribution in [0.15, 0.2) is 23.1 Å². The summed E-state index contributed by atoms with van der Waals surface area (Å²) in [5.74, 6) is 0. The van der Waals surface area contributed by atoms with Crippen molar-refractivity contribution < 1.29 is 8.42 Å². The molecule has 1 aromatic rings. The minimum absolute atomic E-state index is 0.0469. The average Bonchev–Trinajstić information content (AvgIpc) is 2.41. The fourth-order valence-electron chi connectivity index (χ4n) is 2.84. The molecular formula is C16H26N2O2S. The number of sulfonamides is 1. The Bertz CT molecular complexity index is 599. The molecule has 2 rings (SSSR count). The fraction of sp³-hybridized carbons (Fsp3) is 0.625. The highest BCUT2D eigenvalue weighted by Gasteiger charge is 2.29. The zero-order valence-electron chi connectivity index (χ0n) is 13.1. The van der Waals surface area contributed by atoms with Crippen molar-refractivity contribution >= 4 is 10.0 Å².